The highest BCUT2D eigenvalue weighted by molar-refractivity contribution is 6.08. The molecule has 0 aliphatic carbocycles. The summed E-state index contributed by atoms with van der Waals surface area (Å²) >= 11 is 0. The Kier molecular flexibility index (Phi) is 7.22. The Morgan fingerprint density at radius 1 is 1.00 bits per heavy atom. The second-order valence-corrected chi connectivity index (χ2v) is 4.88. The molecular formula is C16H16F3NO3. The molecule has 0 aliphatic rings. The van der Waals surface area contributed by atoms with Crippen molar-refractivity contribution in [1.29, 1.82) is 0 Å². The SMILES string of the molecule is O=C=C(CCCCCC(=O)C(F)(F)F)C(=O)Nc1ccccc1. The molecule has 1 rings (SSSR count). The summed E-state index contributed by atoms with van der Waals surface area (Å²) in [6.45, 7) is 0. The van der Waals surface area contributed by atoms with Gasteiger partial charge in [-0.3, -0.25) is 9.59 Å². The van der Waals surface area contributed by atoms with Crippen LogP contribution in [0.5, 0.6) is 0 Å². The molecule has 1 aromatic rings. The number of halogens is 3. The maximum atomic E-state index is 12.0. The molecule has 0 unspecified atom stereocenters. The first-order chi connectivity index (χ1) is 10.8. The number of para-hydroxylation sites is 1. The van der Waals surface area contributed by atoms with Gasteiger partial charge in [0.25, 0.3) is 5.91 Å². The van der Waals surface area contributed by atoms with E-state index in [1.807, 2.05) is 0 Å². The van der Waals surface area contributed by atoms with Gasteiger partial charge in [0, 0.05) is 12.1 Å². The second kappa shape index (κ2) is 8.90. The highest BCUT2D eigenvalue weighted by Gasteiger charge is 2.37. The van der Waals surface area contributed by atoms with Gasteiger partial charge in [-0.05, 0) is 31.4 Å². The van der Waals surface area contributed by atoms with Crippen LogP contribution in [0.4, 0.5) is 18.9 Å². The molecule has 4 nitrogen and oxygen atoms in total. The maximum absolute atomic E-state index is 12.0. The summed E-state index contributed by atoms with van der Waals surface area (Å²) < 4.78 is 36.0. The zero-order valence-corrected chi connectivity index (χ0v) is 12.3. The van der Waals surface area contributed by atoms with E-state index >= 15 is 0 Å². The smallest absolute Gasteiger partial charge is 0.322 e. The summed E-state index contributed by atoms with van der Waals surface area (Å²) in [6, 6.07) is 8.52. The molecule has 23 heavy (non-hydrogen) atoms. The van der Waals surface area contributed by atoms with Gasteiger partial charge in [-0.1, -0.05) is 24.6 Å². The third-order valence-electron chi connectivity index (χ3n) is 3.08. The number of hydrogen-bond donors (Lipinski definition) is 1. The molecule has 0 bridgehead atoms. The lowest BCUT2D eigenvalue weighted by molar-refractivity contribution is -0.171. The Balaban J connectivity index is 2.33. The van der Waals surface area contributed by atoms with Gasteiger partial charge in [0.15, 0.2) is 0 Å². The fourth-order valence-corrected chi connectivity index (χ4v) is 1.84. The zero-order chi connectivity index (χ0) is 17.3. The minimum Gasteiger partial charge on any atom is -0.322 e. The molecule has 0 aromatic heterocycles. The highest BCUT2D eigenvalue weighted by atomic mass is 19.4. The van der Waals surface area contributed by atoms with Crippen molar-refractivity contribution in [2.75, 3.05) is 5.32 Å². The van der Waals surface area contributed by atoms with Gasteiger partial charge in [0.1, 0.15) is 11.5 Å². The summed E-state index contributed by atoms with van der Waals surface area (Å²) in [5, 5.41) is 2.53. The summed E-state index contributed by atoms with van der Waals surface area (Å²) in [5.41, 5.74) is 0.428. The molecule has 0 aliphatic heterocycles. The Labute approximate surface area is 131 Å². The van der Waals surface area contributed by atoms with Crippen LogP contribution in [0.15, 0.2) is 35.9 Å². The van der Waals surface area contributed by atoms with Crippen LogP contribution >= 0.6 is 0 Å². The number of ketones is 1. The fourth-order valence-electron chi connectivity index (χ4n) is 1.84. The largest absolute Gasteiger partial charge is 0.449 e. The normalized spacial score (nSPS) is 10.7. The third-order valence-corrected chi connectivity index (χ3v) is 3.08. The van der Waals surface area contributed by atoms with Gasteiger partial charge in [-0.2, -0.15) is 13.2 Å². The summed E-state index contributed by atoms with van der Waals surface area (Å²) in [6.07, 6.45) is -4.58. The number of rotatable bonds is 8. The minimum absolute atomic E-state index is 0.0603. The number of carbonyl (C=O) groups is 2. The standard InChI is InChI=1S/C16H16F3NO3/c17-16(18,19)14(22)10-6-1-3-7-12(11-21)15(23)20-13-8-4-2-5-9-13/h2,4-5,8-9H,1,3,6-7,10H2,(H,20,23). The van der Waals surface area contributed by atoms with Gasteiger partial charge in [0.05, 0.1) is 0 Å². The highest BCUT2D eigenvalue weighted by Crippen LogP contribution is 2.20. The molecule has 0 spiro atoms. The Bertz CT molecular complexity index is 590. The number of benzene rings is 1. The monoisotopic (exact) mass is 327 g/mol. The summed E-state index contributed by atoms with van der Waals surface area (Å²) in [5.74, 6) is -0.791. The van der Waals surface area contributed by atoms with Gasteiger partial charge in [-0.15, -0.1) is 0 Å². The van der Waals surface area contributed by atoms with Gasteiger partial charge in [-0.25, -0.2) is 4.79 Å². The zero-order valence-electron chi connectivity index (χ0n) is 12.3. The van der Waals surface area contributed by atoms with Crippen LogP contribution in [0, 0.1) is 0 Å². The van der Waals surface area contributed by atoms with Crippen LogP contribution in [-0.2, 0) is 14.4 Å². The topological polar surface area (TPSA) is 63.2 Å². The first-order valence-corrected chi connectivity index (χ1v) is 7.05. The van der Waals surface area contributed by atoms with Crippen LogP contribution in [0.25, 0.3) is 0 Å². The molecule has 0 atom stereocenters. The van der Waals surface area contributed by atoms with E-state index < -0.39 is 24.3 Å². The van der Waals surface area contributed by atoms with Gasteiger partial charge < -0.3 is 5.32 Å². The average Bonchev–Trinajstić information content (AvgIpc) is 2.50. The van der Waals surface area contributed by atoms with E-state index in [-0.39, 0.29) is 18.4 Å². The number of amides is 1. The van der Waals surface area contributed by atoms with Crippen molar-refractivity contribution in [3.05, 3.63) is 35.9 Å². The lowest BCUT2D eigenvalue weighted by atomic mass is 10.1. The van der Waals surface area contributed by atoms with Crippen molar-refractivity contribution in [1.82, 2.24) is 0 Å². The number of unbranched alkanes of at least 4 members (excludes halogenated alkanes) is 2. The molecule has 1 aromatic carbocycles. The van der Waals surface area contributed by atoms with E-state index in [0.29, 0.717) is 18.5 Å². The van der Waals surface area contributed by atoms with Crippen molar-refractivity contribution in [2.24, 2.45) is 0 Å². The van der Waals surface area contributed by atoms with Gasteiger partial charge in [0.2, 0.25) is 5.78 Å². The molecule has 0 fully saturated rings. The van der Waals surface area contributed by atoms with Crippen LogP contribution in [0.3, 0.4) is 0 Å². The predicted molar refractivity (Wildman–Crippen MR) is 78.4 cm³/mol. The average molecular weight is 327 g/mol. The Morgan fingerprint density at radius 2 is 1.61 bits per heavy atom. The van der Waals surface area contributed by atoms with E-state index in [2.05, 4.69) is 5.32 Å². The van der Waals surface area contributed by atoms with Crippen molar-refractivity contribution < 1.29 is 27.6 Å². The van der Waals surface area contributed by atoms with E-state index in [0.717, 1.165) is 0 Å². The predicted octanol–water partition coefficient (Wildman–Crippen LogP) is 3.47. The molecule has 0 heterocycles. The van der Waals surface area contributed by atoms with E-state index in [1.54, 1.807) is 36.3 Å². The molecule has 0 saturated carbocycles. The van der Waals surface area contributed by atoms with Crippen molar-refractivity contribution in [3.8, 4) is 0 Å². The van der Waals surface area contributed by atoms with Crippen molar-refractivity contribution in [3.63, 3.8) is 0 Å². The fraction of sp³-hybridized carbons (Fsp3) is 0.375. The number of Topliss-reactive ketones (excluding diaryl/α,β-unsaturated/α-hetero) is 1. The summed E-state index contributed by atoms with van der Waals surface area (Å²) in [4.78, 5) is 33.3. The third kappa shape index (κ3) is 6.93. The van der Waals surface area contributed by atoms with Crippen LogP contribution in [0.1, 0.15) is 32.1 Å². The van der Waals surface area contributed by atoms with E-state index in [1.165, 1.54) is 0 Å². The van der Waals surface area contributed by atoms with Gasteiger partial charge >= 0.3 is 6.18 Å². The van der Waals surface area contributed by atoms with Crippen molar-refractivity contribution >= 4 is 23.3 Å². The quantitative estimate of drug-likeness (QED) is 0.452. The Hall–Kier alpha value is -2.40. The molecule has 0 saturated heterocycles. The number of nitrogens with one attached hydrogen (secondary N) is 1. The Morgan fingerprint density at radius 3 is 2.17 bits per heavy atom. The first-order valence-electron chi connectivity index (χ1n) is 7.05. The van der Waals surface area contributed by atoms with Crippen LogP contribution in [-0.4, -0.2) is 23.8 Å². The lowest BCUT2D eigenvalue weighted by Crippen LogP contribution is -2.22. The molecule has 7 heteroatoms. The summed E-state index contributed by atoms with van der Waals surface area (Å²) in [7, 11) is 0. The van der Waals surface area contributed by atoms with Crippen LogP contribution < -0.4 is 5.32 Å². The molecule has 0 radical (unpaired) electrons. The first kappa shape index (κ1) is 18.6. The molecule has 1 amide bonds. The van der Waals surface area contributed by atoms with Crippen molar-refractivity contribution in [2.45, 2.75) is 38.3 Å². The molecular weight excluding hydrogens is 311 g/mol. The van der Waals surface area contributed by atoms with E-state index in [9.17, 15) is 27.6 Å². The van der Waals surface area contributed by atoms with E-state index in [4.69, 9.17) is 0 Å². The molecule has 124 valence electrons. The van der Waals surface area contributed by atoms with Crippen LogP contribution in [0.2, 0.25) is 0 Å². The number of hydrogen-bond acceptors (Lipinski definition) is 3. The molecule has 1 N–H and O–H groups in total. The number of alkyl halides is 3. The second-order valence-electron chi connectivity index (χ2n) is 4.88. The minimum atomic E-state index is -4.80. The maximum Gasteiger partial charge on any atom is 0.449 e. The number of anilines is 1. The number of carbonyl (C=O) groups excluding carboxylic acids is 3. The lowest BCUT2D eigenvalue weighted by Gasteiger charge is -2.06.